The number of nitrogens with one attached hydrogen (secondary N) is 1. The lowest BCUT2D eigenvalue weighted by Gasteiger charge is -2.13. The van der Waals surface area contributed by atoms with Crippen LogP contribution in [-0.4, -0.2) is 36.7 Å². The van der Waals surface area contributed by atoms with Crippen molar-refractivity contribution in [3.05, 3.63) is 21.4 Å². The summed E-state index contributed by atoms with van der Waals surface area (Å²) in [5.41, 5.74) is 1.08. The molecule has 18 heavy (non-hydrogen) atoms. The number of aliphatic carboxylic acids is 1. The molecule has 6 heteroatoms. The third-order valence-electron chi connectivity index (χ3n) is 2.62. The average Bonchev–Trinajstić information content (AvgIpc) is 2.64. The number of rotatable bonds is 6. The molecule has 1 heterocycles. The maximum absolute atomic E-state index is 11.8. The number of ether oxygens (including phenoxy) is 1. The Labute approximate surface area is 110 Å². The van der Waals surface area contributed by atoms with Crippen LogP contribution in [0.5, 0.6) is 0 Å². The van der Waals surface area contributed by atoms with Crippen LogP contribution in [0.3, 0.4) is 0 Å². The highest BCUT2D eigenvalue weighted by atomic mass is 32.1. The molecular weight excluding hydrogens is 254 g/mol. The van der Waals surface area contributed by atoms with E-state index in [9.17, 15) is 9.59 Å². The van der Waals surface area contributed by atoms with Gasteiger partial charge in [0.2, 0.25) is 0 Å². The third-order valence-corrected chi connectivity index (χ3v) is 3.77. The van der Waals surface area contributed by atoms with Gasteiger partial charge >= 0.3 is 5.97 Å². The van der Waals surface area contributed by atoms with Gasteiger partial charge in [0.05, 0.1) is 17.4 Å². The molecule has 1 atom stereocenters. The molecule has 0 bridgehead atoms. The van der Waals surface area contributed by atoms with Crippen molar-refractivity contribution in [1.29, 1.82) is 0 Å². The summed E-state index contributed by atoms with van der Waals surface area (Å²) >= 11 is 1.43. The highest BCUT2D eigenvalue weighted by Gasteiger charge is 2.15. The number of amides is 1. The summed E-state index contributed by atoms with van der Waals surface area (Å²) in [6.45, 7) is 4.10. The van der Waals surface area contributed by atoms with E-state index in [1.807, 2.05) is 19.9 Å². The van der Waals surface area contributed by atoms with Gasteiger partial charge in [-0.15, -0.1) is 11.3 Å². The van der Waals surface area contributed by atoms with Crippen molar-refractivity contribution >= 4 is 23.2 Å². The van der Waals surface area contributed by atoms with E-state index in [1.54, 1.807) is 0 Å². The molecule has 5 nitrogen and oxygen atoms in total. The molecule has 1 rings (SSSR count). The van der Waals surface area contributed by atoms with Crippen molar-refractivity contribution < 1.29 is 19.4 Å². The molecule has 0 aliphatic carbocycles. The maximum atomic E-state index is 11.8. The van der Waals surface area contributed by atoms with Crippen LogP contribution in [0.4, 0.5) is 0 Å². The maximum Gasteiger partial charge on any atom is 0.306 e. The van der Waals surface area contributed by atoms with Crippen LogP contribution >= 0.6 is 11.3 Å². The van der Waals surface area contributed by atoms with Crippen molar-refractivity contribution in [2.45, 2.75) is 26.4 Å². The first-order chi connectivity index (χ1) is 8.43. The standard InChI is InChI=1S/C12H17NO4S/c1-7-4-10(18-8(7)2)12(16)13-6-9(17-3)5-11(14)15/h4,9H,5-6H2,1-3H3,(H,13,16)(H,14,15). The van der Waals surface area contributed by atoms with Gasteiger partial charge in [-0.2, -0.15) is 0 Å². The number of hydrogen-bond acceptors (Lipinski definition) is 4. The second-order valence-electron chi connectivity index (χ2n) is 4.02. The van der Waals surface area contributed by atoms with Crippen LogP contribution in [0.15, 0.2) is 6.07 Å². The Morgan fingerprint density at radius 2 is 2.17 bits per heavy atom. The van der Waals surface area contributed by atoms with Crippen molar-refractivity contribution in [3.63, 3.8) is 0 Å². The lowest BCUT2D eigenvalue weighted by molar-refractivity contribution is -0.139. The molecule has 0 aromatic carbocycles. The van der Waals surface area contributed by atoms with Gasteiger partial charge in [-0.1, -0.05) is 0 Å². The smallest absolute Gasteiger partial charge is 0.306 e. The fourth-order valence-electron chi connectivity index (χ4n) is 1.41. The number of aryl methyl sites for hydroxylation is 2. The molecule has 100 valence electrons. The molecule has 1 amide bonds. The number of carbonyl (C=O) groups excluding carboxylic acids is 1. The number of carboxylic acid groups (broad SMARTS) is 1. The molecule has 1 unspecified atom stereocenters. The molecule has 2 N–H and O–H groups in total. The molecule has 0 radical (unpaired) electrons. The predicted octanol–water partition coefficient (Wildman–Crippen LogP) is 1.58. The van der Waals surface area contributed by atoms with Gasteiger partial charge in [-0.3, -0.25) is 9.59 Å². The zero-order valence-electron chi connectivity index (χ0n) is 10.6. The Morgan fingerprint density at radius 1 is 1.50 bits per heavy atom. The monoisotopic (exact) mass is 271 g/mol. The fraction of sp³-hybridized carbons (Fsp3) is 0.500. The minimum absolute atomic E-state index is 0.126. The second kappa shape index (κ2) is 6.51. The first-order valence-corrected chi connectivity index (χ1v) is 6.35. The van der Waals surface area contributed by atoms with Crippen LogP contribution in [-0.2, 0) is 9.53 Å². The Hall–Kier alpha value is -1.40. The number of methoxy groups -OCH3 is 1. The number of carboxylic acids is 1. The van der Waals surface area contributed by atoms with Crippen molar-refractivity contribution in [2.75, 3.05) is 13.7 Å². The van der Waals surface area contributed by atoms with E-state index in [-0.39, 0.29) is 18.9 Å². The highest BCUT2D eigenvalue weighted by Crippen LogP contribution is 2.20. The zero-order chi connectivity index (χ0) is 13.7. The van der Waals surface area contributed by atoms with Gasteiger partial charge in [-0.05, 0) is 25.5 Å². The fourth-order valence-corrected chi connectivity index (χ4v) is 2.36. The van der Waals surface area contributed by atoms with E-state index in [0.29, 0.717) is 4.88 Å². The van der Waals surface area contributed by atoms with E-state index >= 15 is 0 Å². The van der Waals surface area contributed by atoms with Gasteiger partial charge in [0.15, 0.2) is 0 Å². The topological polar surface area (TPSA) is 75.6 Å². The minimum atomic E-state index is -0.945. The SMILES string of the molecule is COC(CNC(=O)c1cc(C)c(C)s1)CC(=O)O. The highest BCUT2D eigenvalue weighted by molar-refractivity contribution is 7.14. The van der Waals surface area contributed by atoms with E-state index in [1.165, 1.54) is 18.4 Å². The molecule has 1 aromatic heterocycles. The summed E-state index contributed by atoms with van der Waals surface area (Å²) in [6, 6.07) is 1.83. The summed E-state index contributed by atoms with van der Waals surface area (Å²) < 4.78 is 4.98. The van der Waals surface area contributed by atoms with Gasteiger partial charge in [0, 0.05) is 18.5 Å². The number of thiophene rings is 1. The predicted molar refractivity (Wildman–Crippen MR) is 69.2 cm³/mol. The van der Waals surface area contributed by atoms with Gasteiger partial charge in [-0.25, -0.2) is 0 Å². The Bertz CT molecular complexity index is 422. The van der Waals surface area contributed by atoms with Crippen molar-refractivity contribution in [2.24, 2.45) is 0 Å². The first-order valence-electron chi connectivity index (χ1n) is 5.54. The molecule has 0 aliphatic heterocycles. The zero-order valence-corrected chi connectivity index (χ0v) is 11.5. The first kappa shape index (κ1) is 14.7. The number of carbonyl (C=O) groups is 2. The lowest BCUT2D eigenvalue weighted by Crippen LogP contribution is -2.34. The summed E-state index contributed by atoms with van der Waals surface area (Å²) in [6.07, 6.45) is -0.632. The summed E-state index contributed by atoms with van der Waals surface area (Å²) in [5, 5.41) is 11.3. The second-order valence-corrected chi connectivity index (χ2v) is 5.27. The lowest BCUT2D eigenvalue weighted by atomic mass is 10.2. The average molecular weight is 271 g/mol. The summed E-state index contributed by atoms with van der Waals surface area (Å²) in [5.74, 6) is -1.14. The van der Waals surface area contributed by atoms with E-state index in [2.05, 4.69) is 5.32 Å². The van der Waals surface area contributed by atoms with Crippen LogP contribution in [0.2, 0.25) is 0 Å². The van der Waals surface area contributed by atoms with E-state index < -0.39 is 12.1 Å². The van der Waals surface area contributed by atoms with Crippen LogP contribution in [0.25, 0.3) is 0 Å². The third kappa shape index (κ3) is 4.12. The van der Waals surface area contributed by atoms with Gasteiger partial charge in [0.25, 0.3) is 5.91 Å². The Morgan fingerprint density at radius 3 is 2.61 bits per heavy atom. The van der Waals surface area contributed by atoms with E-state index in [4.69, 9.17) is 9.84 Å². The molecule has 0 aliphatic rings. The Balaban J connectivity index is 2.52. The van der Waals surface area contributed by atoms with Crippen LogP contribution in [0, 0.1) is 13.8 Å². The van der Waals surface area contributed by atoms with E-state index in [0.717, 1.165) is 10.4 Å². The molecular formula is C12H17NO4S. The minimum Gasteiger partial charge on any atom is -0.481 e. The van der Waals surface area contributed by atoms with Gasteiger partial charge in [0.1, 0.15) is 0 Å². The van der Waals surface area contributed by atoms with Crippen LogP contribution < -0.4 is 5.32 Å². The largest absolute Gasteiger partial charge is 0.481 e. The normalized spacial score (nSPS) is 12.2. The molecule has 0 fully saturated rings. The van der Waals surface area contributed by atoms with Crippen LogP contribution in [0.1, 0.15) is 26.5 Å². The Kier molecular flexibility index (Phi) is 5.30. The molecule has 0 saturated heterocycles. The molecule has 0 saturated carbocycles. The van der Waals surface area contributed by atoms with Crippen molar-refractivity contribution in [3.8, 4) is 0 Å². The molecule has 0 spiro atoms. The quantitative estimate of drug-likeness (QED) is 0.823. The summed E-state index contributed by atoms with van der Waals surface area (Å²) in [7, 11) is 1.43. The van der Waals surface area contributed by atoms with Crippen molar-refractivity contribution in [1.82, 2.24) is 5.32 Å². The van der Waals surface area contributed by atoms with Gasteiger partial charge < -0.3 is 15.2 Å². The summed E-state index contributed by atoms with van der Waals surface area (Å²) in [4.78, 5) is 24.1. The molecule has 1 aromatic rings. The number of hydrogen-bond donors (Lipinski definition) is 2.